The van der Waals surface area contributed by atoms with Crippen molar-refractivity contribution in [3.05, 3.63) is 24.3 Å². The molecular formula is C43H79O13P. The van der Waals surface area contributed by atoms with Gasteiger partial charge >= 0.3 is 19.8 Å². The maximum Gasteiger partial charge on any atom is 0.472 e. The van der Waals surface area contributed by atoms with E-state index in [-0.39, 0.29) is 12.8 Å². The van der Waals surface area contributed by atoms with Crippen molar-refractivity contribution in [1.82, 2.24) is 0 Å². The number of carbonyl (C=O) groups is 2. The first-order valence-corrected chi connectivity index (χ1v) is 23.6. The number of hydrogen-bond donors (Lipinski definition) is 6. The van der Waals surface area contributed by atoms with Gasteiger partial charge in [-0.05, 0) is 44.9 Å². The molecule has 1 rings (SSSR count). The molecule has 57 heavy (non-hydrogen) atoms. The average molecular weight is 835 g/mol. The van der Waals surface area contributed by atoms with Crippen LogP contribution in [-0.4, -0.2) is 98.3 Å². The van der Waals surface area contributed by atoms with Gasteiger partial charge in [-0.1, -0.05) is 147 Å². The number of hydrogen-bond acceptors (Lipinski definition) is 12. The summed E-state index contributed by atoms with van der Waals surface area (Å²) in [4.78, 5) is 35.6. The van der Waals surface area contributed by atoms with Crippen LogP contribution in [-0.2, 0) is 32.7 Å². The summed E-state index contributed by atoms with van der Waals surface area (Å²) < 4.78 is 33.5. The number of esters is 2. The van der Waals surface area contributed by atoms with Crippen LogP contribution < -0.4 is 0 Å². The Morgan fingerprint density at radius 1 is 0.544 bits per heavy atom. The Morgan fingerprint density at radius 2 is 0.947 bits per heavy atom. The lowest BCUT2D eigenvalue weighted by Crippen LogP contribution is -2.64. The molecule has 1 aliphatic rings. The molecule has 0 amide bonds. The zero-order valence-corrected chi connectivity index (χ0v) is 36.0. The van der Waals surface area contributed by atoms with Gasteiger partial charge in [0.15, 0.2) is 6.10 Å². The molecule has 13 nitrogen and oxygen atoms in total. The molecule has 0 radical (unpaired) electrons. The summed E-state index contributed by atoms with van der Waals surface area (Å²) in [6, 6.07) is 0. The average Bonchev–Trinajstić information content (AvgIpc) is 3.19. The van der Waals surface area contributed by atoms with Gasteiger partial charge in [-0.2, -0.15) is 0 Å². The van der Waals surface area contributed by atoms with E-state index < -0.39 is 75.7 Å². The van der Waals surface area contributed by atoms with Crippen LogP contribution in [0.5, 0.6) is 0 Å². The highest BCUT2D eigenvalue weighted by Gasteiger charge is 2.51. The van der Waals surface area contributed by atoms with Crippen LogP contribution in [0.15, 0.2) is 24.3 Å². The lowest BCUT2D eigenvalue weighted by atomic mass is 9.85. The molecule has 14 heteroatoms. The summed E-state index contributed by atoms with van der Waals surface area (Å²) >= 11 is 0. The van der Waals surface area contributed by atoms with Gasteiger partial charge in [0.1, 0.15) is 43.2 Å². The van der Waals surface area contributed by atoms with Gasteiger partial charge in [0, 0.05) is 12.8 Å². The molecule has 0 aromatic heterocycles. The summed E-state index contributed by atoms with van der Waals surface area (Å²) in [7, 11) is -5.11. The quantitative estimate of drug-likeness (QED) is 0.0153. The van der Waals surface area contributed by atoms with Gasteiger partial charge in [-0.3, -0.25) is 18.6 Å². The number of rotatable bonds is 36. The molecule has 0 saturated heterocycles. The van der Waals surface area contributed by atoms with E-state index in [9.17, 15) is 44.6 Å². The zero-order valence-electron chi connectivity index (χ0n) is 35.1. The summed E-state index contributed by atoms with van der Waals surface area (Å²) in [6.45, 7) is 3.25. The first-order chi connectivity index (χ1) is 27.4. The Kier molecular flexibility index (Phi) is 31.9. The maximum absolute atomic E-state index is 12.8. The molecule has 1 fully saturated rings. The predicted molar refractivity (Wildman–Crippen MR) is 221 cm³/mol. The molecule has 6 unspecified atom stereocenters. The molecular weight excluding hydrogens is 755 g/mol. The smallest absolute Gasteiger partial charge is 0.462 e. The molecule has 1 aliphatic carbocycles. The summed E-state index contributed by atoms with van der Waals surface area (Å²) in [6.07, 6.45) is 22.3. The van der Waals surface area contributed by atoms with E-state index in [0.29, 0.717) is 12.8 Å². The number of phosphoric acid groups is 1. The molecule has 0 aromatic carbocycles. The Labute approximate surface area is 343 Å². The van der Waals surface area contributed by atoms with Crippen LogP contribution in [0.25, 0.3) is 0 Å². The van der Waals surface area contributed by atoms with Gasteiger partial charge in [0.2, 0.25) is 0 Å². The van der Waals surface area contributed by atoms with Crippen LogP contribution >= 0.6 is 7.82 Å². The minimum absolute atomic E-state index is 0.0972. The second-order valence-corrected chi connectivity index (χ2v) is 17.0. The second kappa shape index (κ2) is 34.1. The van der Waals surface area contributed by atoms with E-state index in [4.69, 9.17) is 18.5 Å². The van der Waals surface area contributed by atoms with Crippen molar-refractivity contribution in [2.75, 3.05) is 13.2 Å². The Balaban J connectivity index is 2.49. The highest BCUT2D eigenvalue weighted by atomic mass is 31.2. The van der Waals surface area contributed by atoms with Crippen molar-refractivity contribution in [1.29, 1.82) is 0 Å². The molecule has 6 atom stereocenters. The molecule has 0 spiro atoms. The maximum atomic E-state index is 12.8. The fourth-order valence-electron chi connectivity index (χ4n) is 6.67. The Bertz CT molecular complexity index is 1100. The number of allylic oxidation sites excluding steroid dienone is 4. The van der Waals surface area contributed by atoms with Crippen molar-refractivity contribution < 1.29 is 63.1 Å². The third kappa shape index (κ3) is 26.9. The normalized spacial score (nSPS) is 22.9. The minimum atomic E-state index is -5.11. The molecule has 0 bridgehead atoms. The van der Waals surface area contributed by atoms with Crippen molar-refractivity contribution in [3.63, 3.8) is 0 Å². The highest BCUT2D eigenvalue weighted by molar-refractivity contribution is 7.47. The topological polar surface area (TPSA) is 210 Å². The zero-order chi connectivity index (χ0) is 42.2. The van der Waals surface area contributed by atoms with Crippen LogP contribution in [0.3, 0.4) is 0 Å². The third-order valence-electron chi connectivity index (χ3n) is 10.3. The number of carbonyl (C=O) groups excluding carboxylic acids is 2. The molecule has 0 aliphatic heterocycles. The van der Waals surface area contributed by atoms with Gasteiger partial charge in [0.25, 0.3) is 0 Å². The molecule has 0 aromatic rings. The number of aliphatic hydroxyl groups excluding tert-OH is 5. The SMILES string of the molecule is CCCCCC=CCC=CCCCCCCCC(=O)OCC(COP(=O)(O)OC1C(O)C(O)C(O)C(O)C1O)OC(=O)CCCCCCCCCCCCCCC. The first-order valence-electron chi connectivity index (χ1n) is 22.1. The summed E-state index contributed by atoms with van der Waals surface area (Å²) in [5.74, 6) is -1.11. The van der Waals surface area contributed by atoms with Gasteiger partial charge in [-0.25, -0.2) is 4.57 Å². The summed E-state index contributed by atoms with van der Waals surface area (Å²) in [5, 5.41) is 50.1. The monoisotopic (exact) mass is 835 g/mol. The lowest BCUT2D eigenvalue weighted by Gasteiger charge is -2.41. The van der Waals surface area contributed by atoms with E-state index in [0.717, 1.165) is 70.6 Å². The first kappa shape index (κ1) is 53.3. The van der Waals surface area contributed by atoms with Crippen molar-refractivity contribution in [2.24, 2.45) is 0 Å². The largest absolute Gasteiger partial charge is 0.472 e. The number of ether oxygens (including phenoxy) is 2. The van der Waals surface area contributed by atoms with Gasteiger partial charge < -0.3 is 39.9 Å². The molecule has 1 saturated carbocycles. The van der Waals surface area contributed by atoms with Crippen molar-refractivity contribution in [2.45, 2.75) is 224 Å². The van der Waals surface area contributed by atoms with Gasteiger partial charge in [-0.15, -0.1) is 0 Å². The van der Waals surface area contributed by atoms with Gasteiger partial charge in [0.05, 0.1) is 6.61 Å². The van der Waals surface area contributed by atoms with Crippen LogP contribution in [0.1, 0.15) is 181 Å². The lowest BCUT2D eigenvalue weighted by molar-refractivity contribution is -0.220. The molecule has 0 heterocycles. The van der Waals surface area contributed by atoms with E-state index in [2.05, 4.69) is 38.2 Å². The Hall–Kier alpha value is -1.67. The second-order valence-electron chi connectivity index (χ2n) is 15.6. The van der Waals surface area contributed by atoms with Crippen LogP contribution in [0, 0.1) is 0 Å². The van der Waals surface area contributed by atoms with E-state index in [1.807, 2.05) is 0 Å². The third-order valence-corrected chi connectivity index (χ3v) is 11.3. The standard InChI is InChI=1S/C43H79O13P/c1-3-5-7-9-11-13-15-17-18-20-21-23-25-27-29-31-36(44)53-33-35(34-54-57(51,52)56-43-41(49)39(47)38(46)40(48)42(43)50)55-37(45)32-30-28-26-24-22-19-16-14-12-10-8-6-4-2/h11,13,17-18,35,38-43,46-50H,3-10,12,14-16,19-34H2,1-2H3,(H,51,52). The number of aliphatic hydroxyl groups is 5. The molecule has 6 N–H and O–H groups in total. The number of unbranched alkanes of at least 4 members (excludes halogenated alkanes) is 20. The van der Waals surface area contributed by atoms with Crippen LogP contribution in [0.2, 0.25) is 0 Å². The predicted octanol–water partition coefficient (Wildman–Crippen LogP) is 8.06. The van der Waals surface area contributed by atoms with E-state index in [1.165, 1.54) is 70.6 Å². The van der Waals surface area contributed by atoms with Crippen molar-refractivity contribution >= 4 is 19.8 Å². The Morgan fingerprint density at radius 3 is 1.46 bits per heavy atom. The number of phosphoric ester groups is 1. The van der Waals surface area contributed by atoms with Crippen molar-refractivity contribution in [3.8, 4) is 0 Å². The van der Waals surface area contributed by atoms with Crippen LogP contribution in [0.4, 0.5) is 0 Å². The molecule has 334 valence electrons. The minimum Gasteiger partial charge on any atom is -0.462 e. The fraction of sp³-hybridized carbons (Fsp3) is 0.860. The fourth-order valence-corrected chi connectivity index (χ4v) is 7.64. The summed E-state index contributed by atoms with van der Waals surface area (Å²) in [5.41, 5.74) is 0. The van der Waals surface area contributed by atoms with E-state index in [1.54, 1.807) is 0 Å². The highest BCUT2D eigenvalue weighted by Crippen LogP contribution is 2.47. The van der Waals surface area contributed by atoms with E-state index >= 15 is 0 Å².